The molecule has 1 atom stereocenters. The monoisotopic (exact) mass is 350 g/mol. The number of amides is 2. The fraction of sp³-hybridized carbons (Fsp3) is 0.364. The van der Waals surface area contributed by atoms with Crippen LogP contribution in [0.4, 0.5) is 0 Å². The summed E-state index contributed by atoms with van der Waals surface area (Å²) in [5, 5.41) is 2.93. The molecule has 4 heteroatoms. The lowest BCUT2D eigenvalue weighted by Crippen LogP contribution is -2.68. The number of hydrogen-bond acceptors (Lipinski definition) is 2. The van der Waals surface area contributed by atoms with Gasteiger partial charge in [-0.15, -0.1) is 0 Å². The Kier molecular flexibility index (Phi) is 5.12. The first-order valence-corrected chi connectivity index (χ1v) is 9.16. The predicted octanol–water partition coefficient (Wildman–Crippen LogP) is 3.41. The molecule has 0 spiro atoms. The van der Waals surface area contributed by atoms with E-state index in [0.717, 1.165) is 16.7 Å². The summed E-state index contributed by atoms with van der Waals surface area (Å²) in [4.78, 5) is 26.8. The molecule has 1 heterocycles. The predicted molar refractivity (Wildman–Crippen MR) is 104 cm³/mol. The first-order valence-electron chi connectivity index (χ1n) is 9.16. The fourth-order valence-corrected chi connectivity index (χ4v) is 3.33. The highest BCUT2D eigenvalue weighted by molar-refractivity contribution is 5.93. The van der Waals surface area contributed by atoms with Gasteiger partial charge in [-0.1, -0.05) is 54.6 Å². The van der Waals surface area contributed by atoms with Gasteiger partial charge in [0.2, 0.25) is 11.8 Å². The van der Waals surface area contributed by atoms with Crippen molar-refractivity contribution in [3.63, 3.8) is 0 Å². The van der Waals surface area contributed by atoms with E-state index in [1.54, 1.807) is 4.90 Å². The molecule has 1 aliphatic heterocycles. The van der Waals surface area contributed by atoms with E-state index >= 15 is 0 Å². The largest absolute Gasteiger partial charge is 0.352 e. The highest BCUT2D eigenvalue weighted by Crippen LogP contribution is 2.31. The summed E-state index contributed by atoms with van der Waals surface area (Å²) < 4.78 is 0. The Labute approximate surface area is 155 Å². The van der Waals surface area contributed by atoms with E-state index in [1.165, 1.54) is 0 Å². The standard InChI is InChI=1S/C22H26N2O2/c1-16(2)23-21(26)22(3)13-14-24(22)20(25)15-17-9-11-19(12-10-17)18-7-5-4-6-8-18/h4-12,16H,13-15H2,1-3H3,(H,23,26). The van der Waals surface area contributed by atoms with Gasteiger partial charge in [0.05, 0.1) is 6.42 Å². The number of benzene rings is 2. The van der Waals surface area contributed by atoms with Crippen LogP contribution >= 0.6 is 0 Å². The molecule has 0 bridgehead atoms. The van der Waals surface area contributed by atoms with E-state index in [1.807, 2.05) is 63.2 Å². The zero-order valence-corrected chi connectivity index (χ0v) is 15.7. The van der Waals surface area contributed by atoms with Crippen LogP contribution in [-0.2, 0) is 16.0 Å². The van der Waals surface area contributed by atoms with Crippen LogP contribution in [0.25, 0.3) is 11.1 Å². The second kappa shape index (κ2) is 7.32. The Balaban J connectivity index is 1.66. The van der Waals surface area contributed by atoms with Crippen LogP contribution in [0.5, 0.6) is 0 Å². The summed E-state index contributed by atoms with van der Waals surface area (Å²) in [6.45, 7) is 6.36. The molecule has 1 N–H and O–H groups in total. The Hall–Kier alpha value is -2.62. The van der Waals surface area contributed by atoms with Crippen LogP contribution < -0.4 is 5.32 Å². The number of nitrogens with one attached hydrogen (secondary N) is 1. The molecule has 2 amide bonds. The number of carbonyl (C=O) groups excluding carboxylic acids is 2. The highest BCUT2D eigenvalue weighted by atomic mass is 16.2. The lowest BCUT2D eigenvalue weighted by molar-refractivity contribution is -0.157. The van der Waals surface area contributed by atoms with Crippen molar-refractivity contribution >= 4 is 11.8 Å². The van der Waals surface area contributed by atoms with Crippen molar-refractivity contribution in [1.82, 2.24) is 10.2 Å². The fourth-order valence-electron chi connectivity index (χ4n) is 3.33. The summed E-state index contributed by atoms with van der Waals surface area (Å²) in [5.41, 5.74) is 2.54. The first-order chi connectivity index (χ1) is 12.4. The van der Waals surface area contributed by atoms with Crippen molar-refractivity contribution in [2.45, 2.75) is 45.2 Å². The van der Waals surface area contributed by atoms with Crippen LogP contribution in [0.15, 0.2) is 54.6 Å². The van der Waals surface area contributed by atoms with E-state index in [9.17, 15) is 9.59 Å². The van der Waals surface area contributed by atoms with Crippen LogP contribution in [0.3, 0.4) is 0 Å². The minimum atomic E-state index is -0.717. The van der Waals surface area contributed by atoms with Gasteiger partial charge in [0.25, 0.3) is 0 Å². The van der Waals surface area contributed by atoms with E-state index in [2.05, 4.69) is 17.4 Å². The quantitative estimate of drug-likeness (QED) is 0.898. The molecular weight excluding hydrogens is 324 g/mol. The van der Waals surface area contributed by atoms with Gasteiger partial charge in [-0.3, -0.25) is 9.59 Å². The average molecular weight is 350 g/mol. The summed E-state index contributed by atoms with van der Waals surface area (Å²) in [6, 6.07) is 18.3. The number of likely N-dealkylation sites (tertiary alicyclic amines) is 1. The molecule has 1 aliphatic rings. The minimum absolute atomic E-state index is 0.00474. The van der Waals surface area contributed by atoms with Gasteiger partial charge in [0.15, 0.2) is 0 Å². The SMILES string of the molecule is CC(C)NC(=O)C1(C)CCN1C(=O)Cc1ccc(-c2ccccc2)cc1. The maximum Gasteiger partial charge on any atom is 0.245 e. The topological polar surface area (TPSA) is 49.4 Å². The lowest BCUT2D eigenvalue weighted by Gasteiger charge is -2.49. The van der Waals surface area contributed by atoms with Gasteiger partial charge < -0.3 is 10.2 Å². The average Bonchev–Trinajstić information content (AvgIpc) is 2.60. The first kappa shape index (κ1) is 18.2. The third-order valence-electron chi connectivity index (χ3n) is 5.04. The normalized spacial score (nSPS) is 19.2. The maximum atomic E-state index is 12.7. The van der Waals surface area contributed by atoms with Crippen LogP contribution in [0, 0.1) is 0 Å². The Morgan fingerprint density at radius 1 is 1.04 bits per heavy atom. The van der Waals surface area contributed by atoms with Gasteiger partial charge in [0, 0.05) is 12.6 Å². The van der Waals surface area contributed by atoms with Crippen molar-refractivity contribution in [1.29, 1.82) is 0 Å². The molecule has 26 heavy (non-hydrogen) atoms. The summed E-state index contributed by atoms with van der Waals surface area (Å²) in [6.07, 6.45) is 1.03. The third-order valence-corrected chi connectivity index (χ3v) is 5.04. The van der Waals surface area contributed by atoms with E-state index in [0.29, 0.717) is 19.4 Å². The van der Waals surface area contributed by atoms with Crippen molar-refractivity contribution < 1.29 is 9.59 Å². The van der Waals surface area contributed by atoms with Gasteiger partial charge in [-0.05, 0) is 43.9 Å². The van der Waals surface area contributed by atoms with E-state index < -0.39 is 5.54 Å². The highest BCUT2D eigenvalue weighted by Gasteiger charge is 2.49. The number of rotatable bonds is 5. The molecule has 0 aromatic heterocycles. The summed E-state index contributed by atoms with van der Waals surface area (Å²) in [5.74, 6) is -0.0587. The molecule has 1 fully saturated rings. The van der Waals surface area contributed by atoms with Gasteiger partial charge in [-0.25, -0.2) is 0 Å². The van der Waals surface area contributed by atoms with E-state index in [4.69, 9.17) is 0 Å². The zero-order valence-electron chi connectivity index (χ0n) is 15.7. The molecule has 2 aromatic carbocycles. The molecule has 3 rings (SSSR count). The molecule has 0 aliphatic carbocycles. The van der Waals surface area contributed by atoms with Crippen molar-refractivity contribution in [2.24, 2.45) is 0 Å². The molecule has 136 valence electrons. The van der Waals surface area contributed by atoms with Gasteiger partial charge in [0.1, 0.15) is 5.54 Å². The van der Waals surface area contributed by atoms with Gasteiger partial charge in [-0.2, -0.15) is 0 Å². The van der Waals surface area contributed by atoms with Crippen LogP contribution in [0.2, 0.25) is 0 Å². The van der Waals surface area contributed by atoms with Crippen LogP contribution in [0.1, 0.15) is 32.8 Å². The number of carbonyl (C=O) groups is 2. The van der Waals surface area contributed by atoms with Crippen LogP contribution in [-0.4, -0.2) is 34.8 Å². The molecule has 2 aromatic rings. The van der Waals surface area contributed by atoms with Crippen molar-refractivity contribution in [3.05, 3.63) is 60.2 Å². The third kappa shape index (κ3) is 3.64. The Morgan fingerprint density at radius 2 is 1.65 bits per heavy atom. The molecule has 4 nitrogen and oxygen atoms in total. The molecule has 0 radical (unpaired) electrons. The Bertz CT molecular complexity index is 784. The number of hydrogen-bond donors (Lipinski definition) is 1. The molecule has 1 saturated heterocycles. The van der Waals surface area contributed by atoms with Crippen molar-refractivity contribution in [3.8, 4) is 11.1 Å². The molecular formula is C22H26N2O2. The summed E-state index contributed by atoms with van der Waals surface area (Å²) in [7, 11) is 0. The maximum absolute atomic E-state index is 12.7. The molecule has 0 saturated carbocycles. The van der Waals surface area contributed by atoms with Gasteiger partial charge >= 0.3 is 0 Å². The summed E-state index contributed by atoms with van der Waals surface area (Å²) >= 11 is 0. The van der Waals surface area contributed by atoms with E-state index in [-0.39, 0.29) is 17.9 Å². The smallest absolute Gasteiger partial charge is 0.245 e. The Morgan fingerprint density at radius 3 is 2.19 bits per heavy atom. The number of nitrogens with zero attached hydrogens (tertiary/aromatic N) is 1. The lowest BCUT2D eigenvalue weighted by atomic mass is 9.84. The van der Waals surface area contributed by atoms with Crippen molar-refractivity contribution in [2.75, 3.05) is 6.54 Å². The second-order valence-electron chi connectivity index (χ2n) is 7.44. The second-order valence-corrected chi connectivity index (χ2v) is 7.44. The molecule has 1 unspecified atom stereocenters. The minimum Gasteiger partial charge on any atom is -0.352 e. The zero-order chi connectivity index (χ0) is 18.7.